The standard InChI is InChI=1S/C24H30BrN3O5/c1-4-32-19-8-6-18(7-9-19)26-22(29)11-12-23(30)27-28-24(31)20-15-17(25)5-10-21(20)33-14-13-16(2)3/h5-10,15-16H,4,11-14H2,1-3H3,(H,26,29)(H,27,30)(H,28,31). The second-order valence-corrected chi connectivity index (χ2v) is 8.60. The Labute approximate surface area is 202 Å². The molecule has 9 heteroatoms. The number of amides is 3. The van der Waals surface area contributed by atoms with Crippen LogP contribution in [0.2, 0.25) is 0 Å². The Morgan fingerprint density at radius 3 is 2.30 bits per heavy atom. The number of nitrogens with one attached hydrogen (secondary N) is 3. The Hall–Kier alpha value is -3.07. The maximum absolute atomic E-state index is 12.6. The number of carbonyl (C=O) groups excluding carboxylic acids is 3. The minimum atomic E-state index is -0.511. The van der Waals surface area contributed by atoms with Crippen LogP contribution in [-0.2, 0) is 9.59 Å². The van der Waals surface area contributed by atoms with Crippen molar-refractivity contribution in [3.63, 3.8) is 0 Å². The van der Waals surface area contributed by atoms with Gasteiger partial charge in [-0.05, 0) is 61.7 Å². The monoisotopic (exact) mass is 519 g/mol. The van der Waals surface area contributed by atoms with Crippen molar-refractivity contribution in [3.8, 4) is 11.5 Å². The van der Waals surface area contributed by atoms with E-state index in [0.717, 1.165) is 6.42 Å². The molecule has 8 nitrogen and oxygen atoms in total. The number of rotatable bonds is 11. The van der Waals surface area contributed by atoms with Crippen molar-refractivity contribution >= 4 is 39.3 Å². The van der Waals surface area contributed by atoms with Crippen molar-refractivity contribution in [3.05, 3.63) is 52.5 Å². The van der Waals surface area contributed by atoms with E-state index in [9.17, 15) is 14.4 Å². The van der Waals surface area contributed by atoms with E-state index in [4.69, 9.17) is 9.47 Å². The third-order valence-corrected chi connectivity index (χ3v) is 4.98. The van der Waals surface area contributed by atoms with Crippen LogP contribution in [0.25, 0.3) is 0 Å². The number of ether oxygens (including phenoxy) is 2. The molecule has 3 amide bonds. The fourth-order valence-electron chi connectivity index (χ4n) is 2.72. The Bertz CT molecular complexity index is 948. The Kier molecular flexibility index (Phi) is 10.7. The van der Waals surface area contributed by atoms with E-state index in [-0.39, 0.29) is 18.7 Å². The van der Waals surface area contributed by atoms with Gasteiger partial charge >= 0.3 is 0 Å². The number of anilines is 1. The number of benzene rings is 2. The molecule has 178 valence electrons. The molecule has 0 bridgehead atoms. The molecule has 2 aromatic rings. The predicted molar refractivity (Wildman–Crippen MR) is 130 cm³/mol. The molecule has 2 aromatic carbocycles. The highest BCUT2D eigenvalue weighted by molar-refractivity contribution is 9.10. The third-order valence-electron chi connectivity index (χ3n) is 4.48. The fourth-order valence-corrected chi connectivity index (χ4v) is 3.08. The topological polar surface area (TPSA) is 106 Å². The number of halogens is 1. The summed E-state index contributed by atoms with van der Waals surface area (Å²) in [7, 11) is 0. The van der Waals surface area contributed by atoms with Crippen molar-refractivity contribution in [1.82, 2.24) is 10.9 Å². The lowest BCUT2D eigenvalue weighted by Gasteiger charge is -2.13. The molecule has 0 saturated heterocycles. The molecule has 0 atom stereocenters. The number of hydrogen-bond acceptors (Lipinski definition) is 5. The van der Waals surface area contributed by atoms with Gasteiger partial charge in [0, 0.05) is 23.0 Å². The molecule has 0 aromatic heterocycles. The molecule has 0 aliphatic carbocycles. The van der Waals surface area contributed by atoms with Gasteiger partial charge in [0.05, 0.1) is 18.8 Å². The van der Waals surface area contributed by atoms with Gasteiger partial charge in [0.2, 0.25) is 11.8 Å². The zero-order chi connectivity index (χ0) is 24.2. The summed E-state index contributed by atoms with van der Waals surface area (Å²) in [6.45, 7) is 7.11. The lowest BCUT2D eigenvalue weighted by molar-refractivity contribution is -0.124. The Morgan fingerprint density at radius 1 is 0.939 bits per heavy atom. The average Bonchev–Trinajstić information content (AvgIpc) is 2.78. The summed E-state index contributed by atoms with van der Waals surface area (Å²) >= 11 is 3.34. The van der Waals surface area contributed by atoms with Gasteiger partial charge in [0.15, 0.2) is 0 Å². The van der Waals surface area contributed by atoms with Crippen molar-refractivity contribution in [2.75, 3.05) is 18.5 Å². The summed E-state index contributed by atoms with van der Waals surface area (Å²) in [6.07, 6.45) is 0.737. The minimum Gasteiger partial charge on any atom is -0.494 e. The first-order chi connectivity index (χ1) is 15.8. The van der Waals surface area contributed by atoms with Crippen LogP contribution in [0.3, 0.4) is 0 Å². The Balaban J connectivity index is 1.80. The molecule has 0 heterocycles. The highest BCUT2D eigenvalue weighted by Crippen LogP contribution is 2.23. The number of carbonyl (C=O) groups is 3. The summed E-state index contributed by atoms with van der Waals surface area (Å²) in [4.78, 5) is 36.7. The van der Waals surface area contributed by atoms with Crippen LogP contribution in [0.5, 0.6) is 11.5 Å². The molecule has 0 aliphatic rings. The lowest BCUT2D eigenvalue weighted by Crippen LogP contribution is -2.42. The van der Waals surface area contributed by atoms with Gasteiger partial charge in [-0.2, -0.15) is 0 Å². The van der Waals surface area contributed by atoms with Crippen LogP contribution >= 0.6 is 15.9 Å². The van der Waals surface area contributed by atoms with Gasteiger partial charge in [-0.1, -0.05) is 29.8 Å². The highest BCUT2D eigenvalue weighted by atomic mass is 79.9. The molecule has 0 unspecified atom stereocenters. The maximum atomic E-state index is 12.6. The smallest absolute Gasteiger partial charge is 0.273 e. The van der Waals surface area contributed by atoms with Gasteiger partial charge in [0.1, 0.15) is 11.5 Å². The molecule has 0 fully saturated rings. The molecule has 0 aliphatic heterocycles. The molecule has 0 saturated carbocycles. The minimum absolute atomic E-state index is 0.0324. The molecular weight excluding hydrogens is 490 g/mol. The first kappa shape index (κ1) is 26.2. The van der Waals surface area contributed by atoms with Gasteiger partial charge in [-0.25, -0.2) is 0 Å². The predicted octanol–water partition coefficient (Wildman–Crippen LogP) is 4.45. The normalized spacial score (nSPS) is 10.5. The molecular formula is C24H30BrN3O5. The fraction of sp³-hybridized carbons (Fsp3) is 0.375. The van der Waals surface area contributed by atoms with Crippen LogP contribution in [0.4, 0.5) is 5.69 Å². The summed E-state index contributed by atoms with van der Waals surface area (Å²) in [5.74, 6) is 0.312. The van der Waals surface area contributed by atoms with E-state index in [2.05, 4.69) is 45.9 Å². The summed E-state index contributed by atoms with van der Waals surface area (Å²) in [6, 6.07) is 12.1. The zero-order valence-electron chi connectivity index (χ0n) is 19.1. The van der Waals surface area contributed by atoms with E-state index < -0.39 is 11.8 Å². The highest BCUT2D eigenvalue weighted by Gasteiger charge is 2.15. The second-order valence-electron chi connectivity index (χ2n) is 7.68. The first-order valence-electron chi connectivity index (χ1n) is 10.8. The summed E-state index contributed by atoms with van der Waals surface area (Å²) in [5.41, 5.74) is 5.61. The summed E-state index contributed by atoms with van der Waals surface area (Å²) in [5, 5.41) is 2.71. The maximum Gasteiger partial charge on any atom is 0.273 e. The number of hydrogen-bond donors (Lipinski definition) is 3. The first-order valence-corrected chi connectivity index (χ1v) is 11.6. The van der Waals surface area contributed by atoms with E-state index in [1.807, 2.05) is 6.92 Å². The molecule has 33 heavy (non-hydrogen) atoms. The van der Waals surface area contributed by atoms with Crippen molar-refractivity contribution in [2.45, 2.75) is 40.0 Å². The quantitative estimate of drug-likeness (QED) is 0.380. The van der Waals surface area contributed by atoms with Crippen molar-refractivity contribution in [2.24, 2.45) is 5.92 Å². The largest absolute Gasteiger partial charge is 0.494 e. The molecule has 2 rings (SSSR count). The summed E-state index contributed by atoms with van der Waals surface area (Å²) < 4.78 is 11.8. The van der Waals surface area contributed by atoms with Crippen molar-refractivity contribution < 1.29 is 23.9 Å². The third kappa shape index (κ3) is 9.53. The average molecular weight is 520 g/mol. The van der Waals surface area contributed by atoms with E-state index in [0.29, 0.717) is 46.4 Å². The zero-order valence-corrected chi connectivity index (χ0v) is 20.7. The number of hydrazine groups is 1. The van der Waals surface area contributed by atoms with Crippen LogP contribution in [-0.4, -0.2) is 30.9 Å². The van der Waals surface area contributed by atoms with Gasteiger partial charge in [-0.15, -0.1) is 0 Å². The SMILES string of the molecule is CCOc1ccc(NC(=O)CCC(=O)NNC(=O)c2cc(Br)ccc2OCCC(C)C)cc1. The molecule has 0 spiro atoms. The van der Waals surface area contributed by atoms with Crippen LogP contribution < -0.4 is 25.6 Å². The Morgan fingerprint density at radius 2 is 1.64 bits per heavy atom. The molecule has 3 N–H and O–H groups in total. The molecule has 0 radical (unpaired) electrons. The van der Waals surface area contributed by atoms with Crippen LogP contribution in [0, 0.1) is 5.92 Å². The van der Waals surface area contributed by atoms with E-state index >= 15 is 0 Å². The second kappa shape index (κ2) is 13.5. The lowest BCUT2D eigenvalue weighted by atomic mass is 10.1. The van der Waals surface area contributed by atoms with Crippen LogP contribution in [0.15, 0.2) is 46.9 Å². The van der Waals surface area contributed by atoms with Crippen molar-refractivity contribution in [1.29, 1.82) is 0 Å². The van der Waals surface area contributed by atoms with Gasteiger partial charge in [-0.3, -0.25) is 25.2 Å². The van der Waals surface area contributed by atoms with E-state index in [1.165, 1.54) is 0 Å². The van der Waals surface area contributed by atoms with E-state index in [1.54, 1.807) is 42.5 Å². The van der Waals surface area contributed by atoms with Crippen LogP contribution in [0.1, 0.15) is 50.4 Å². The van der Waals surface area contributed by atoms with Gasteiger partial charge in [0.25, 0.3) is 5.91 Å². The van der Waals surface area contributed by atoms with Gasteiger partial charge < -0.3 is 14.8 Å².